The second-order valence-corrected chi connectivity index (χ2v) is 4.88. The summed E-state index contributed by atoms with van der Waals surface area (Å²) >= 11 is 9.35. The minimum absolute atomic E-state index is 0.0201. The second-order valence-electron chi connectivity index (χ2n) is 3.68. The van der Waals surface area contributed by atoms with Gasteiger partial charge in [0.2, 0.25) is 5.91 Å². The van der Waals surface area contributed by atoms with E-state index in [0.717, 1.165) is 23.7 Å². The number of anilines is 1. The van der Waals surface area contributed by atoms with Gasteiger partial charge in [-0.25, -0.2) is 0 Å². The van der Waals surface area contributed by atoms with E-state index in [1.54, 1.807) is 0 Å². The third-order valence-electron chi connectivity index (χ3n) is 2.19. The van der Waals surface area contributed by atoms with Crippen LogP contribution in [0.15, 0.2) is 18.2 Å². The van der Waals surface area contributed by atoms with E-state index in [-0.39, 0.29) is 5.91 Å². The average molecular weight is 305 g/mol. The molecule has 1 aromatic carbocycles. The van der Waals surface area contributed by atoms with E-state index in [0.29, 0.717) is 17.1 Å². The summed E-state index contributed by atoms with van der Waals surface area (Å²) in [5.74, 6) is 0.0201. The first kappa shape index (κ1) is 13.5. The van der Waals surface area contributed by atoms with Gasteiger partial charge < -0.3 is 5.32 Å². The van der Waals surface area contributed by atoms with Gasteiger partial charge in [-0.15, -0.1) is 0 Å². The number of amides is 1. The molecule has 1 N–H and O–H groups in total. The summed E-state index contributed by atoms with van der Waals surface area (Å²) in [6, 6.07) is 5.61. The second kappa shape index (κ2) is 6.92. The minimum Gasteiger partial charge on any atom is -0.325 e. The summed E-state index contributed by atoms with van der Waals surface area (Å²) < 4.78 is 0. The number of halogens is 2. The van der Waals surface area contributed by atoms with Crippen LogP contribution in [0.25, 0.3) is 0 Å². The van der Waals surface area contributed by atoms with Crippen LogP contribution in [0.1, 0.15) is 24.8 Å². The van der Waals surface area contributed by atoms with Crippen LogP contribution in [0.2, 0.25) is 5.02 Å². The molecular weight excluding hydrogens is 289 g/mol. The molecule has 0 fully saturated rings. The van der Waals surface area contributed by atoms with Crippen molar-refractivity contribution in [3.8, 4) is 0 Å². The maximum atomic E-state index is 11.5. The van der Waals surface area contributed by atoms with E-state index < -0.39 is 0 Å². The van der Waals surface area contributed by atoms with Crippen molar-refractivity contribution in [1.29, 1.82) is 0 Å². The summed E-state index contributed by atoms with van der Waals surface area (Å²) in [4.78, 5) is 11.5. The molecule has 0 aliphatic heterocycles. The zero-order chi connectivity index (χ0) is 12.0. The van der Waals surface area contributed by atoms with Gasteiger partial charge in [0.15, 0.2) is 0 Å². The van der Waals surface area contributed by atoms with Crippen LogP contribution in [-0.2, 0) is 4.79 Å². The van der Waals surface area contributed by atoms with Crippen molar-refractivity contribution in [2.75, 3.05) is 10.6 Å². The summed E-state index contributed by atoms with van der Waals surface area (Å²) in [6.45, 7) is 1.97. The molecule has 0 heterocycles. The Kier molecular flexibility index (Phi) is 5.85. The van der Waals surface area contributed by atoms with E-state index in [1.807, 2.05) is 25.1 Å². The van der Waals surface area contributed by atoms with Crippen LogP contribution in [0.5, 0.6) is 0 Å². The highest BCUT2D eigenvalue weighted by Crippen LogP contribution is 2.22. The maximum Gasteiger partial charge on any atom is 0.224 e. The molecule has 0 spiro atoms. The van der Waals surface area contributed by atoms with Gasteiger partial charge in [0.1, 0.15) is 0 Å². The Labute approximate surface area is 110 Å². The van der Waals surface area contributed by atoms with Crippen LogP contribution in [-0.4, -0.2) is 11.2 Å². The lowest BCUT2D eigenvalue weighted by atomic mass is 10.2. The van der Waals surface area contributed by atoms with E-state index in [4.69, 9.17) is 11.6 Å². The van der Waals surface area contributed by atoms with Crippen molar-refractivity contribution in [2.45, 2.75) is 26.2 Å². The average Bonchev–Trinajstić information content (AvgIpc) is 2.23. The highest BCUT2D eigenvalue weighted by molar-refractivity contribution is 9.09. The predicted molar refractivity (Wildman–Crippen MR) is 72.5 cm³/mol. The Morgan fingerprint density at radius 1 is 1.44 bits per heavy atom. The molecule has 0 bridgehead atoms. The van der Waals surface area contributed by atoms with Gasteiger partial charge in [0.25, 0.3) is 0 Å². The van der Waals surface area contributed by atoms with Gasteiger partial charge >= 0.3 is 0 Å². The molecule has 0 atom stereocenters. The van der Waals surface area contributed by atoms with Gasteiger partial charge in [-0.3, -0.25) is 4.79 Å². The summed E-state index contributed by atoms with van der Waals surface area (Å²) in [7, 11) is 0. The fraction of sp³-hybridized carbons (Fsp3) is 0.417. The number of unbranched alkanes of at least 4 members (excludes halogenated alkanes) is 1. The molecule has 0 radical (unpaired) electrons. The van der Waals surface area contributed by atoms with Gasteiger partial charge in [-0.05, 0) is 37.5 Å². The first-order valence-electron chi connectivity index (χ1n) is 5.25. The molecule has 4 heteroatoms. The molecule has 0 saturated carbocycles. The zero-order valence-electron chi connectivity index (χ0n) is 9.22. The molecule has 0 unspecified atom stereocenters. The predicted octanol–water partition coefficient (Wildman–Crippen LogP) is 4.15. The quantitative estimate of drug-likeness (QED) is 0.642. The number of alkyl halides is 1. The third kappa shape index (κ3) is 4.54. The largest absolute Gasteiger partial charge is 0.325 e. The van der Waals surface area contributed by atoms with Crippen molar-refractivity contribution < 1.29 is 4.79 Å². The lowest BCUT2D eigenvalue weighted by Crippen LogP contribution is -2.11. The monoisotopic (exact) mass is 303 g/mol. The third-order valence-corrected chi connectivity index (χ3v) is 3.06. The molecule has 0 aromatic heterocycles. The molecule has 1 amide bonds. The van der Waals surface area contributed by atoms with Crippen LogP contribution in [0, 0.1) is 6.92 Å². The summed E-state index contributed by atoms with van der Waals surface area (Å²) in [5.41, 5.74) is 1.78. The number of rotatable bonds is 5. The standard InChI is InChI=1S/C12H15BrClNO/c1-9-5-6-11(10(14)8-9)15-12(16)4-2-3-7-13/h5-6,8H,2-4,7H2,1H3,(H,15,16). The first-order chi connectivity index (χ1) is 7.63. The smallest absolute Gasteiger partial charge is 0.224 e. The van der Waals surface area contributed by atoms with Crippen LogP contribution in [0.4, 0.5) is 5.69 Å². The molecular formula is C12H15BrClNO. The Morgan fingerprint density at radius 3 is 2.81 bits per heavy atom. The number of aryl methyl sites for hydroxylation is 1. The van der Waals surface area contributed by atoms with E-state index >= 15 is 0 Å². The van der Waals surface area contributed by atoms with E-state index in [1.165, 1.54) is 0 Å². The molecule has 1 rings (SSSR count). The molecule has 16 heavy (non-hydrogen) atoms. The van der Waals surface area contributed by atoms with Gasteiger partial charge in [-0.1, -0.05) is 33.6 Å². The van der Waals surface area contributed by atoms with Crippen molar-refractivity contribution >= 4 is 39.1 Å². The number of hydrogen-bond donors (Lipinski definition) is 1. The Balaban J connectivity index is 2.49. The van der Waals surface area contributed by atoms with Crippen LogP contribution in [0.3, 0.4) is 0 Å². The van der Waals surface area contributed by atoms with E-state index in [9.17, 15) is 4.79 Å². The molecule has 0 aliphatic rings. The Hall–Kier alpha value is -0.540. The first-order valence-corrected chi connectivity index (χ1v) is 6.75. The number of hydrogen-bond acceptors (Lipinski definition) is 1. The molecule has 1 aromatic rings. The van der Waals surface area contributed by atoms with E-state index in [2.05, 4.69) is 21.2 Å². The van der Waals surface area contributed by atoms with Crippen LogP contribution >= 0.6 is 27.5 Å². The summed E-state index contributed by atoms with van der Waals surface area (Å²) in [5, 5.41) is 4.34. The zero-order valence-corrected chi connectivity index (χ0v) is 11.6. The van der Waals surface area contributed by atoms with Crippen molar-refractivity contribution in [3.63, 3.8) is 0 Å². The normalized spacial score (nSPS) is 10.2. The highest BCUT2D eigenvalue weighted by Gasteiger charge is 2.05. The molecule has 0 aliphatic carbocycles. The van der Waals surface area contributed by atoms with Gasteiger partial charge in [0.05, 0.1) is 10.7 Å². The number of nitrogens with one attached hydrogen (secondary N) is 1. The highest BCUT2D eigenvalue weighted by atomic mass is 79.9. The lowest BCUT2D eigenvalue weighted by molar-refractivity contribution is -0.116. The lowest BCUT2D eigenvalue weighted by Gasteiger charge is -2.07. The Morgan fingerprint density at radius 2 is 2.19 bits per heavy atom. The number of carbonyl (C=O) groups is 1. The van der Waals surface area contributed by atoms with Crippen molar-refractivity contribution in [2.24, 2.45) is 0 Å². The molecule has 2 nitrogen and oxygen atoms in total. The topological polar surface area (TPSA) is 29.1 Å². The van der Waals surface area contributed by atoms with Crippen molar-refractivity contribution in [1.82, 2.24) is 0 Å². The fourth-order valence-corrected chi connectivity index (χ4v) is 1.99. The SMILES string of the molecule is Cc1ccc(NC(=O)CCCCBr)c(Cl)c1. The fourth-order valence-electron chi connectivity index (χ4n) is 1.31. The Bertz CT molecular complexity index is 368. The molecule has 0 saturated heterocycles. The van der Waals surface area contributed by atoms with Gasteiger partial charge in [-0.2, -0.15) is 0 Å². The van der Waals surface area contributed by atoms with Gasteiger partial charge in [0, 0.05) is 11.8 Å². The maximum absolute atomic E-state index is 11.5. The van der Waals surface area contributed by atoms with Crippen LogP contribution < -0.4 is 5.32 Å². The molecule has 88 valence electrons. The summed E-state index contributed by atoms with van der Waals surface area (Å²) in [6.07, 6.45) is 2.44. The number of carbonyl (C=O) groups excluding carboxylic acids is 1. The van der Waals surface area contributed by atoms with Crippen molar-refractivity contribution in [3.05, 3.63) is 28.8 Å². The minimum atomic E-state index is 0.0201. The number of benzene rings is 1.